The van der Waals surface area contributed by atoms with Crippen LogP contribution in [0, 0.1) is 21.4 Å². The third-order valence-electron chi connectivity index (χ3n) is 2.12. The molecule has 0 aliphatic heterocycles. The Bertz CT molecular complexity index is 455. The summed E-state index contributed by atoms with van der Waals surface area (Å²) in [7, 11) is 1.63. The molecular weight excluding hydrogens is 224 g/mol. The zero-order valence-corrected chi connectivity index (χ0v) is 9.25. The van der Waals surface area contributed by atoms with Crippen molar-refractivity contribution in [2.75, 3.05) is 23.9 Å². The van der Waals surface area contributed by atoms with Crippen LogP contribution in [0.5, 0.6) is 0 Å². The molecule has 0 saturated heterocycles. The van der Waals surface area contributed by atoms with Crippen molar-refractivity contribution in [3.05, 3.63) is 22.2 Å². The molecule has 0 fully saturated rings. The van der Waals surface area contributed by atoms with E-state index >= 15 is 0 Å². The van der Waals surface area contributed by atoms with E-state index in [1.165, 1.54) is 12.1 Å². The second kappa shape index (κ2) is 5.62. The van der Waals surface area contributed by atoms with E-state index in [4.69, 9.17) is 11.1 Å². The molecule has 17 heavy (non-hydrogen) atoms. The average molecular weight is 236 g/mol. The van der Waals surface area contributed by atoms with Crippen LogP contribution in [0.25, 0.3) is 0 Å². The Kier molecular flexibility index (Phi) is 4.19. The SMILES string of the molecule is CN(CCC#N)c1nc(NN)ccc1[N+](=O)[O-]. The van der Waals surface area contributed by atoms with Gasteiger partial charge in [-0.2, -0.15) is 5.26 Å². The highest BCUT2D eigenvalue weighted by molar-refractivity contribution is 5.61. The number of aromatic nitrogens is 1. The van der Waals surface area contributed by atoms with Crippen LogP contribution >= 0.6 is 0 Å². The molecule has 0 spiro atoms. The van der Waals surface area contributed by atoms with Gasteiger partial charge < -0.3 is 10.3 Å². The predicted molar refractivity (Wildman–Crippen MR) is 62.2 cm³/mol. The maximum absolute atomic E-state index is 10.8. The van der Waals surface area contributed by atoms with E-state index in [1.54, 1.807) is 11.9 Å². The maximum Gasteiger partial charge on any atom is 0.311 e. The number of nitrogens with one attached hydrogen (secondary N) is 1. The molecule has 0 saturated carbocycles. The molecule has 90 valence electrons. The minimum absolute atomic E-state index is 0.121. The fourth-order valence-corrected chi connectivity index (χ4v) is 1.27. The molecule has 0 atom stereocenters. The van der Waals surface area contributed by atoms with E-state index in [0.29, 0.717) is 12.4 Å². The van der Waals surface area contributed by atoms with Gasteiger partial charge in [0, 0.05) is 19.7 Å². The second-order valence-electron chi connectivity index (χ2n) is 3.27. The number of pyridine rings is 1. The third-order valence-corrected chi connectivity index (χ3v) is 2.12. The van der Waals surface area contributed by atoms with Crippen molar-refractivity contribution < 1.29 is 4.92 Å². The molecule has 0 radical (unpaired) electrons. The Hall–Kier alpha value is -2.40. The molecule has 3 N–H and O–H groups in total. The number of nitro groups is 1. The first-order valence-electron chi connectivity index (χ1n) is 4.80. The number of hydrogen-bond donors (Lipinski definition) is 2. The van der Waals surface area contributed by atoms with Crippen LogP contribution in [0.3, 0.4) is 0 Å². The van der Waals surface area contributed by atoms with E-state index < -0.39 is 4.92 Å². The van der Waals surface area contributed by atoms with Crippen molar-refractivity contribution in [2.24, 2.45) is 5.84 Å². The summed E-state index contributed by atoms with van der Waals surface area (Å²) in [5.74, 6) is 5.70. The zero-order valence-electron chi connectivity index (χ0n) is 9.25. The van der Waals surface area contributed by atoms with E-state index in [0.717, 1.165) is 0 Å². The highest BCUT2D eigenvalue weighted by Gasteiger charge is 2.19. The van der Waals surface area contributed by atoms with Crippen LogP contribution in [-0.2, 0) is 0 Å². The summed E-state index contributed by atoms with van der Waals surface area (Å²) in [5.41, 5.74) is 2.20. The van der Waals surface area contributed by atoms with Crippen LogP contribution in [0.4, 0.5) is 17.3 Å². The lowest BCUT2D eigenvalue weighted by molar-refractivity contribution is -0.384. The quantitative estimate of drug-likeness (QED) is 0.436. The smallest absolute Gasteiger partial charge is 0.311 e. The van der Waals surface area contributed by atoms with Gasteiger partial charge in [-0.05, 0) is 6.07 Å². The van der Waals surface area contributed by atoms with Gasteiger partial charge in [0.15, 0.2) is 0 Å². The summed E-state index contributed by atoms with van der Waals surface area (Å²) in [4.78, 5) is 15.8. The molecule has 8 nitrogen and oxygen atoms in total. The first-order valence-corrected chi connectivity index (χ1v) is 4.80. The summed E-state index contributed by atoms with van der Waals surface area (Å²) >= 11 is 0. The molecule has 1 rings (SSSR count). The van der Waals surface area contributed by atoms with Gasteiger partial charge in [-0.25, -0.2) is 10.8 Å². The summed E-state index contributed by atoms with van der Waals surface area (Å²) in [6.07, 6.45) is 0.260. The molecule has 0 aliphatic carbocycles. The van der Waals surface area contributed by atoms with Crippen LogP contribution in [0.1, 0.15) is 6.42 Å². The number of hydrazine groups is 1. The molecule has 1 aromatic heterocycles. The molecule has 0 amide bonds. The summed E-state index contributed by atoms with van der Waals surface area (Å²) in [6.45, 7) is 0.359. The van der Waals surface area contributed by atoms with E-state index in [-0.39, 0.29) is 17.9 Å². The Morgan fingerprint density at radius 1 is 1.71 bits per heavy atom. The molecule has 0 bridgehead atoms. The van der Waals surface area contributed by atoms with Crippen molar-refractivity contribution in [2.45, 2.75) is 6.42 Å². The van der Waals surface area contributed by atoms with Crippen LogP contribution < -0.4 is 16.2 Å². The number of anilines is 2. The van der Waals surface area contributed by atoms with Gasteiger partial charge in [0.05, 0.1) is 17.4 Å². The van der Waals surface area contributed by atoms with Gasteiger partial charge in [0.2, 0.25) is 5.82 Å². The monoisotopic (exact) mass is 236 g/mol. The number of nitrogens with two attached hydrogens (primary N) is 1. The van der Waals surface area contributed by atoms with Gasteiger partial charge >= 0.3 is 5.69 Å². The van der Waals surface area contributed by atoms with Gasteiger partial charge in [0.25, 0.3) is 0 Å². The van der Waals surface area contributed by atoms with Crippen molar-refractivity contribution in [3.63, 3.8) is 0 Å². The Morgan fingerprint density at radius 2 is 2.41 bits per heavy atom. The lowest BCUT2D eigenvalue weighted by atomic mass is 10.3. The Balaban J connectivity index is 3.08. The highest BCUT2D eigenvalue weighted by Crippen LogP contribution is 2.26. The van der Waals surface area contributed by atoms with Crippen molar-refractivity contribution in [1.82, 2.24) is 4.98 Å². The largest absolute Gasteiger partial charge is 0.353 e. The Morgan fingerprint density at radius 3 is 2.94 bits per heavy atom. The minimum Gasteiger partial charge on any atom is -0.353 e. The molecule has 1 heterocycles. The lowest BCUT2D eigenvalue weighted by Crippen LogP contribution is -2.21. The van der Waals surface area contributed by atoms with Crippen LogP contribution in [0.15, 0.2) is 12.1 Å². The average Bonchev–Trinajstić information content (AvgIpc) is 2.34. The third kappa shape index (κ3) is 3.02. The fourth-order valence-electron chi connectivity index (χ4n) is 1.27. The van der Waals surface area contributed by atoms with E-state index in [1.807, 2.05) is 6.07 Å². The molecule has 8 heteroatoms. The topological polar surface area (TPSA) is 121 Å². The zero-order chi connectivity index (χ0) is 12.8. The van der Waals surface area contributed by atoms with Crippen molar-refractivity contribution in [3.8, 4) is 6.07 Å². The molecule has 1 aromatic rings. The van der Waals surface area contributed by atoms with Crippen molar-refractivity contribution >= 4 is 17.3 Å². The van der Waals surface area contributed by atoms with Crippen molar-refractivity contribution in [1.29, 1.82) is 5.26 Å². The van der Waals surface area contributed by atoms with Crippen LogP contribution in [0.2, 0.25) is 0 Å². The van der Waals surface area contributed by atoms with Gasteiger partial charge in [-0.3, -0.25) is 10.1 Å². The van der Waals surface area contributed by atoms with Crippen LogP contribution in [-0.4, -0.2) is 23.5 Å². The fraction of sp³-hybridized carbons (Fsp3) is 0.333. The number of rotatable bonds is 5. The highest BCUT2D eigenvalue weighted by atomic mass is 16.6. The minimum atomic E-state index is -0.522. The Labute approximate surface area is 97.8 Å². The van der Waals surface area contributed by atoms with Gasteiger partial charge in [-0.1, -0.05) is 0 Å². The summed E-state index contributed by atoms with van der Waals surface area (Å²) in [5, 5.41) is 19.3. The predicted octanol–water partition coefficient (Wildman–Crippen LogP) is 0.625. The number of nitriles is 1. The van der Waals surface area contributed by atoms with Gasteiger partial charge in [0.1, 0.15) is 5.82 Å². The summed E-state index contributed by atoms with van der Waals surface area (Å²) in [6, 6.07) is 4.70. The standard InChI is InChI=1S/C9H12N6O2/c1-14(6-2-5-10)9-7(15(16)17)3-4-8(12-9)13-11/h3-4H,2,6,11H2,1H3,(H,12,13). The molecular formula is C9H12N6O2. The maximum atomic E-state index is 10.8. The number of nitrogens with zero attached hydrogens (tertiary/aromatic N) is 4. The number of nitrogen functional groups attached to an aromatic ring is 1. The number of hydrogen-bond acceptors (Lipinski definition) is 7. The first kappa shape index (κ1) is 12.7. The van der Waals surface area contributed by atoms with E-state index in [2.05, 4.69) is 10.4 Å². The summed E-state index contributed by atoms with van der Waals surface area (Å²) < 4.78 is 0. The van der Waals surface area contributed by atoms with Gasteiger partial charge in [-0.15, -0.1) is 0 Å². The second-order valence-corrected chi connectivity index (χ2v) is 3.27. The molecule has 0 aliphatic rings. The normalized spacial score (nSPS) is 9.47. The molecule has 0 aromatic carbocycles. The molecule has 0 unspecified atom stereocenters. The van der Waals surface area contributed by atoms with E-state index in [9.17, 15) is 10.1 Å². The lowest BCUT2D eigenvalue weighted by Gasteiger charge is -2.16. The first-order chi connectivity index (χ1) is 8.10.